The van der Waals surface area contributed by atoms with Crippen LogP contribution < -0.4 is 10.7 Å². The van der Waals surface area contributed by atoms with E-state index in [2.05, 4.69) is 10.7 Å². The van der Waals surface area contributed by atoms with Crippen molar-refractivity contribution >= 4 is 17.8 Å². The van der Waals surface area contributed by atoms with Crippen LogP contribution in [-0.2, 0) is 9.59 Å². The maximum absolute atomic E-state index is 12.8. The molecule has 1 aromatic rings. The van der Waals surface area contributed by atoms with Crippen molar-refractivity contribution in [3.8, 4) is 0 Å². The zero-order valence-electron chi connectivity index (χ0n) is 10.4. The number of amides is 4. The van der Waals surface area contributed by atoms with Crippen LogP contribution in [0.5, 0.6) is 0 Å². The molecule has 6 nitrogen and oxygen atoms in total. The first-order valence-electron chi connectivity index (χ1n) is 6.22. The van der Waals surface area contributed by atoms with E-state index in [1.807, 2.05) is 0 Å². The number of rotatable bonds is 3. The van der Waals surface area contributed by atoms with Gasteiger partial charge in [-0.05, 0) is 30.0 Å². The molecule has 0 unspecified atom stereocenters. The number of carbonyl (C=O) groups is 3. The Bertz CT molecular complexity index is 587. The van der Waals surface area contributed by atoms with E-state index in [4.69, 9.17) is 0 Å². The predicted molar refractivity (Wildman–Crippen MR) is 65.6 cm³/mol. The molecular weight excluding hydrogens is 265 g/mol. The summed E-state index contributed by atoms with van der Waals surface area (Å²) in [5, 5.41) is 3.04. The fourth-order valence-electron chi connectivity index (χ4n) is 2.31. The van der Waals surface area contributed by atoms with Crippen molar-refractivity contribution in [2.45, 2.75) is 12.3 Å². The van der Waals surface area contributed by atoms with E-state index in [1.54, 1.807) is 12.1 Å². The maximum Gasteiger partial charge on any atom is 0.343 e. The molecule has 1 saturated heterocycles. The normalized spacial score (nSPS) is 24.6. The molecule has 0 bridgehead atoms. The van der Waals surface area contributed by atoms with E-state index < -0.39 is 11.9 Å². The minimum absolute atomic E-state index is 0.0389. The number of hydrogen-bond acceptors (Lipinski definition) is 3. The van der Waals surface area contributed by atoms with Crippen LogP contribution in [0.3, 0.4) is 0 Å². The van der Waals surface area contributed by atoms with E-state index in [0.29, 0.717) is 6.42 Å². The molecule has 2 atom stereocenters. The van der Waals surface area contributed by atoms with Gasteiger partial charge in [0.1, 0.15) is 12.4 Å². The third kappa shape index (κ3) is 2.34. The number of imide groups is 1. The van der Waals surface area contributed by atoms with Gasteiger partial charge in [-0.25, -0.2) is 14.2 Å². The Kier molecular flexibility index (Phi) is 2.89. The molecule has 1 heterocycles. The monoisotopic (exact) mass is 277 g/mol. The summed E-state index contributed by atoms with van der Waals surface area (Å²) in [5.74, 6) is -1.27. The topological polar surface area (TPSA) is 78.5 Å². The standard InChI is InChI=1S/C13H12FN3O3/c14-8-3-1-7(2-4-8)9-5-10(9)12(19)16-17-6-11(18)15-13(17)20/h1-4,9-10H,5-6H2,(H,16,19)(H,15,18,20)/t9-,10-/m1/s1. The Morgan fingerprint density at radius 3 is 2.60 bits per heavy atom. The fourth-order valence-corrected chi connectivity index (χ4v) is 2.31. The highest BCUT2D eigenvalue weighted by atomic mass is 19.1. The number of halogens is 1. The number of benzene rings is 1. The summed E-state index contributed by atoms with van der Waals surface area (Å²) in [4.78, 5) is 34.2. The number of hydrazine groups is 1. The van der Waals surface area contributed by atoms with Crippen molar-refractivity contribution in [2.75, 3.05) is 6.54 Å². The molecule has 4 amide bonds. The van der Waals surface area contributed by atoms with Crippen LogP contribution in [0.25, 0.3) is 0 Å². The summed E-state index contributed by atoms with van der Waals surface area (Å²) in [7, 11) is 0. The molecule has 2 N–H and O–H groups in total. The molecule has 0 radical (unpaired) electrons. The minimum Gasteiger partial charge on any atom is -0.275 e. The van der Waals surface area contributed by atoms with Gasteiger partial charge in [0.2, 0.25) is 11.8 Å². The first-order valence-corrected chi connectivity index (χ1v) is 6.22. The third-order valence-electron chi connectivity index (χ3n) is 3.46. The highest BCUT2D eigenvalue weighted by Gasteiger charge is 2.45. The van der Waals surface area contributed by atoms with Crippen LogP contribution in [0.2, 0.25) is 0 Å². The maximum atomic E-state index is 12.8. The lowest BCUT2D eigenvalue weighted by Crippen LogP contribution is -2.45. The lowest BCUT2D eigenvalue weighted by Gasteiger charge is -2.14. The zero-order valence-corrected chi connectivity index (χ0v) is 10.4. The quantitative estimate of drug-likeness (QED) is 0.790. The molecule has 20 heavy (non-hydrogen) atoms. The number of nitrogens with one attached hydrogen (secondary N) is 2. The molecule has 0 spiro atoms. The largest absolute Gasteiger partial charge is 0.343 e. The summed E-state index contributed by atoms with van der Waals surface area (Å²) in [6.07, 6.45) is 0.654. The Balaban J connectivity index is 1.59. The molecule has 7 heteroatoms. The van der Waals surface area contributed by atoms with Crippen molar-refractivity contribution in [1.82, 2.24) is 15.8 Å². The molecule has 1 saturated carbocycles. The summed E-state index contributed by atoms with van der Waals surface area (Å²) < 4.78 is 12.8. The molecule has 1 aromatic carbocycles. The molecule has 0 aromatic heterocycles. The summed E-state index contributed by atoms with van der Waals surface area (Å²) >= 11 is 0. The second-order valence-corrected chi connectivity index (χ2v) is 4.92. The van der Waals surface area contributed by atoms with Crippen molar-refractivity contribution < 1.29 is 18.8 Å². The summed E-state index contributed by atoms with van der Waals surface area (Å²) in [6.45, 7) is -0.168. The van der Waals surface area contributed by atoms with Crippen LogP contribution in [0, 0.1) is 11.7 Å². The Hall–Kier alpha value is -2.44. The molecular formula is C13H12FN3O3. The Morgan fingerprint density at radius 1 is 1.30 bits per heavy atom. The van der Waals surface area contributed by atoms with Gasteiger partial charge in [0, 0.05) is 5.92 Å². The number of urea groups is 1. The first-order chi connectivity index (χ1) is 9.54. The van der Waals surface area contributed by atoms with Crippen LogP contribution in [0.4, 0.5) is 9.18 Å². The van der Waals surface area contributed by atoms with E-state index >= 15 is 0 Å². The average molecular weight is 277 g/mol. The summed E-state index contributed by atoms with van der Waals surface area (Å²) in [5.41, 5.74) is 3.32. The highest BCUT2D eigenvalue weighted by molar-refractivity contribution is 6.02. The van der Waals surface area contributed by atoms with Crippen molar-refractivity contribution in [2.24, 2.45) is 5.92 Å². The molecule has 1 aliphatic carbocycles. The van der Waals surface area contributed by atoms with Crippen molar-refractivity contribution in [3.05, 3.63) is 35.6 Å². The molecule has 2 fully saturated rings. The van der Waals surface area contributed by atoms with Crippen LogP contribution >= 0.6 is 0 Å². The van der Waals surface area contributed by atoms with Gasteiger partial charge in [-0.15, -0.1) is 0 Å². The zero-order chi connectivity index (χ0) is 14.3. The van der Waals surface area contributed by atoms with Crippen LogP contribution in [0.1, 0.15) is 17.9 Å². The third-order valence-corrected chi connectivity index (χ3v) is 3.46. The predicted octanol–water partition coefficient (Wildman–Crippen LogP) is 0.512. The molecule has 104 valence electrons. The fraction of sp³-hybridized carbons (Fsp3) is 0.308. The van der Waals surface area contributed by atoms with Gasteiger partial charge in [-0.1, -0.05) is 12.1 Å². The van der Waals surface area contributed by atoms with Gasteiger partial charge < -0.3 is 0 Å². The van der Waals surface area contributed by atoms with E-state index in [-0.39, 0.29) is 30.1 Å². The van der Waals surface area contributed by atoms with E-state index in [0.717, 1.165) is 10.6 Å². The van der Waals surface area contributed by atoms with Crippen molar-refractivity contribution in [1.29, 1.82) is 0 Å². The Morgan fingerprint density at radius 2 is 2.00 bits per heavy atom. The summed E-state index contributed by atoms with van der Waals surface area (Å²) in [6, 6.07) is 5.39. The van der Waals surface area contributed by atoms with Gasteiger partial charge in [0.15, 0.2) is 0 Å². The second-order valence-electron chi connectivity index (χ2n) is 4.92. The van der Waals surface area contributed by atoms with Gasteiger partial charge >= 0.3 is 6.03 Å². The number of nitrogens with zero attached hydrogens (tertiary/aromatic N) is 1. The lowest BCUT2D eigenvalue weighted by atomic mass is 10.1. The van der Waals surface area contributed by atoms with Gasteiger partial charge in [-0.3, -0.25) is 20.3 Å². The smallest absolute Gasteiger partial charge is 0.275 e. The molecule has 2 aliphatic rings. The lowest BCUT2D eigenvalue weighted by molar-refractivity contribution is -0.126. The number of carbonyl (C=O) groups excluding carboxylic acids is 3. The number of hydrogen-bond donors (Lipinski definition) is 2. The van der Waals surface area contributed by atoms with Crippen molar-refractivity contribution in [3.63, 3.8) is 0 Å². The molecule has 3 rings (SSSR count). The van der Waals surface area contributed by atoms with E-state index in [1.165, 1.54) is 12.1 Å². The minimum atomic E-state index is -0.623. The average Bonchev–Trinajstić information content (AvgIpc) is 3.13. The van der Waals surface area contributed by atoms with Gasteiger partial charge in [0.05, 0.1) is 0 Å². The highest BCUT2D eigenvalue weighted by Crippen LogP contribution is 2.47. The Labute approximate surface area is 113 Å². The molecule has 1 aliphatic heterocycles. The van der Waals surface area contributed by atoms with Gasteiger partial charge in [-0.2, -0.15) is 0 Å². The first kappa shape index (κ1) is 12.6. The van der Waals surface area contributed by atoms with Gasteiger partial charge in [0.25, 0.3) is 0 Å². The van der Waals surface area contributed by atoms with E-state index in [9.17, 15) is 18.8 Å². The second kappa shape index (κ2) is 4.59. The SMILES string of the molecule is O=C1CN(NC(=O)[C@@H]2C[C@@H]2c2ccc(F)cc2)C(=O)N1. The van der Waals surface area contributed by atoms with Crippen LogP contribution in [-0.4, -0.2) is 29.4 Å². The van der Waals surface area contributed by atoms with Crippen LogP contribution in [0.15, 0.2) is 24.3 Å².